The third kappa shape index (κ3) is 3.18. The summed E-state index contributed by atoms with van der Waals surface area (Å²) in [5.41, 5.74) is 6.28. The van der Waals surface area contributed by atoms with Crippen LogP contribution in [-0.4, -0.2) is 50.8 Å². The Bertz CT molecular complexity index is 666. The number of nitrogens with zero attached hydrogens (tertiary/aromatic N) is 3. The van der Waals surface area contributed by atoms with Gasteiger partial charge in [0.25, 0.3) is 0 Å². The van der Waals surface area contributed by atoms with Crippen molar-refractivity contribution < 1.29 is 8.42 Å². The molecule has 1 fully saturated rings. The fourth-order valence-electron chi connectivity index (χ4n) is 2.64. The molecule has 0 aliphatic carbocycles. The molecule has 0 spiro atoms. The Hall–Kier alpha value is -1.62. The van der Waals surface area contributed by atoms with Gasteiger partial charge < -0.3 is 10.6 Å². The number of hydrogen-bond donors (Lipinski definition) is 1. The van der Waals surface area contributed by atoms with E-state index < -0.39 is 10.0 Å². The minimum Gasteiger partial charge on any atom is -0.398 e. The summed E-state index contributed by atoms with van der Waals surface area (Å²) in [6, 6.07) is 6.18. The minimum atomic E-state index is -3.65. The van der Waals surface area contributed by atoms with Gasteiger partial charge in [0.1, 0.15) is 4.90 Å². The fraction of sp³-hybridized carbons (Fsp3) is 0.500. The Kier molecular flexibility index (Phi) is 4.52. The van der Waals surface area contributed by atoms with E-state index in [1.807, 2.05) is 13.1 Å². The molecule has 1 aliphatic rings. The summed E-state index contributed by atoms with van der Waals surface area (Å²) >= 11 is 0. The summed E-state index contributed by atoms with van der Waals surface area (Å²) in [6.45, 7) is 1.70. The lowest BCUT2D eigenvalue weighted by atomic mass is 10.1. The molecule has 1 aliphatic heterocycles. The first-order valence-corrected chi connectivity index (χ1v) is 8.26. The molecule has 0 amide bonds. The number of likely N-dealkylation sites (tertiary alicyclic amines) is 1. The van der Waals surface area contributed by atoms with Crippen LogP contribution in [0.25, 0.3) is 0 Å². The number of piperidine rings is 1. The molecule has 21 heavy (non-hydrogen) atoms. The number of nitrogens with two attached hydrogens (primary N) is 1. The average molecular weight is 308 g/mol. The van der Waals surface area contributed by atoms with E-state index in [9.17, 15) is 8.42 Å². The smallest absolute Gasteiger partial charge is 0.245 e. The highest BCUT2D eigenvalue weighted by molar-refractivity contribution is 7.89. The van der Waals surface area contributed by atoms with Crippen molar-refractivity contribution in [3.8, 4) is 6.07 Å². The Labute approximate surface area is 125 Å². The van der Waals surface area contributed by atoms with Crippen molar-refractivity contribution in [2.45, 2.75) is 23.8 Å². The molecule has 114 valence electrons. The van der Waals surface area contributed by atoms with Gasteiger partial charge in [-0.2, -0.15) is 9.57 Å². The monoisotopic (exact) mass is 308 g/mol. The predicted molar refractivity (Wildman–Crippen MR) is 81.0 cm³/mol. The number of sulfonamides is 1. The maximum absolute atomic E-state index is 12.7. The maximum Gasteiger partial charge on any atom is 0.245 e. The van der Waals surface area contributed by atoms with Crippen LogP contribution in [0, 0.1) is 11.3 Å². The second-order valence-electron chi connectivity index (χ2n) is 5.44. The Morgan fingerprint density at radius 1 is 1.48 bits per heavy atom. The highest BCUT2D eigenvalue weighted by Crippen LogP contribution is 2.26. The lowest BCUT2D eigenvalue weighted by Crippen LogP contribution is -2.47. The summed E-state index contributed by atoms with van der Waals surface area (Å²) in [7, 11) is -0.0626. The topological polar surface area (TPSA) is 90.4 Å². The van der Waals surface area contributed by atoms with Gasteiger partial charge in [0.2, 0.25) is 10.0 Å². The lowest BCUT2D eigenvalue weighted by Gasteiger charge is -2.35. The normalized spacial score (nSPS) is 20.4. The van der Waals surface area contributed by atoms with Gasteiger partial charge in [-0.05, 0) is 44.6 Å². The Morgan fingerprint density at radius 2 is 2.19 bits per heavy atom. The SMILES string of the molecule is CN1CCCC(N(C)S(=O)(=O)c2ccc(C#N)cc2N)C1. The molecule has 1 aromatic rings. The number of hydrogen-bond acceptors (Lipinski definition) is 5. The van der Waals surface area contributed by atoms with Crippen molar-refractivity contribution in [1.29, 1.82) is 5.26 Å². The summed E-state index contributed by atoms with van der Waals surface area (Å²) in [5, 5.41) is 8.83. The molecule has 0 bridgehead atoms. The van der Waals surface area contributed by atoms with Gasteiger partial charge in [-0.25, -0.2) is 8.42 Å². The number of likely N-dealkylation sites (N-methyl/N-ethyl adjacent to an activating group) is 2. The van der Waals surface area contributed by atoms with Crippen LogP contribution in [0.5, 0.6) is 0 Å². The highest BCUT2D eigenvalue weighted by atomic mass is 32.2. The van der Waals surface area contributed by atoms with E-state index in [0.29, 0.717) is 12.1 Å². The van der Waals surface area contributed by atoms with Gasteiger partial charge in [0.05, 0.1) is 17.3 Å². The standard InChI is InChI=1S/C14H20N4O2S/c1-17-7-3-4-12(10-17)18(2)21(19,20)14-6-5-11(9-15)8-13(14)16/h5-6,8,12H,3-4,7,10,16H2,1-2H3. The number of rotatable bonds is 3. The number of nitrogen functional groups attached to an aromatic ring is 1. The largest absolute Gasteiger partial charge is 0.398 e. The Balaban J connectivity index is 2.31. The summed E-state index contributed by atoms with van der Waals surface area (Å²) in [5.74, 6) is 0. The zero-order valence-electron chi connectivity index (χ0n) is 12.3. The van der Waals surface area contributed by atoms with Crippen molar-refractivity contribution in [2.24, 2.45) is 0 Å². The van der Waals surface area contributed by atoms with Crippen LogP contribution >= 0.6 is 0 Å². The molecule has 0 radical (unpaired) electrons. The molecule has 1 saturated heterocycles. The molecule has 1 unspecified atom stereocenters. The van der Waals surface area contributed by atoms with E-state index in [2.05, 4.69) is 4.90 Å². The van der Waals surface area contributed by atoms with Crippen LogP contribution in [0.3, 0.4) is 0 Å². The molecule has 6 nitrogen and oxygen atoms in total. The highest BCUT2D eigenvalue weighted by Gasteiger charge is 2.31. The van der Waals surface area contributed by atoms with Crippen molar-refractivity contribution in [2.75, 3.05) is 32.9 Å². The van der Waals surface area contributed by atoms with Crippen LogP contribution < -0.4 is 5.73 Å². The van der Waals surface area contributed by atoms with E-state index in [1.165, 1.54) is 22.5 Å². The summed E-state index contributed by atoms with van der Waals surface area (Å²) in [6.07, 6.45) is 1.82. The molecule has 1 heterocycles. The number of benzene rings is 1. The van der Waals surface area contributed by atoms with E-state index >= 15 is 0 Å². The van der Waals surface area contributed by atoms with Crippen molar-refractivity contribution in [1.82, 2.24) is 9.21 Å². The molecular formula is C14H20N4O2S. The van der Waals surface area contributed by atoms with Crippen LogP contribution in [0.1, 0.15) is 18.4 Å². The van der Waals surface area contributed by atoms with Gasteiger partial charge in [-0.15, -0.1) is 0 Å². The molecule has 1 atom stereocenters. The van der Waals surface area contributed by atoms with Gasteiger partial charge in [-0.1, -0.05) is 0 Å². The number of nitriles is 1. The van der Waals surface area contributed by atoms with Crippen molar-refractivity contribution in [3.05, 3.63) is 23.8 Å². The first-order valence-electron chi connectivity index (χ1n) is 6.82. The minimum absolute atomic E-state index is 0.0520. The molecule has 0 aromatic heterocycles. The number of anilines is 1. The van der Waals surface area contributed by atoms with Gasteiger partial charge >= 0.3 is 0 Å². The first kappa shape index (κ1) is 15.8. The van der Waals surface area contributed by atoms with Crippen LogP contribution in [-0.2, 0) is 10.0 Å². The molecular weight excluding hydrogens is 288 g/mol. The van der Waals surface area contributed by atoms with E-state index in [-0.39, 0.29) is 16.6 Å². The molecule has 7 heteroatoms. The molecule has 2 rings (SSSR count). The lowest BCUT2D eigenvalue weighted by molar-refractivity contribution is 0.187. The second kappa shape index (κ2) is 6.02. The van der Waals surface area contributed by atoms with E-state index in [0.717, 1.165) is 19.4 Å². The average Bonchev–Trinajstić information content (AvgIpc) is 2.45. The first-order chi connectivity index (χ1) is 9.86. The zero-order chi connectivity index (χ0) is 15.6. The fourth-order valence-corrected chi connectivity index (χ4v) is 4.11. The van der Waals surface area contributed by atoms with E-state index in [4.69, 9.17) is 11.0 Å². The van der Waals surface area contributed by atoms with Gasteiger partial charge in [0.15, 0.2) is 0 Å². The molecule has 0 saturated carbocycles. The summed E-state index contributed by atoms with van der Waals surface area (Å²) in [4.78, 5) is 2.19. The third-order valence-corrected chi connectivity index (χ3v) is 5.89. The molecule has 2 N–H and O–H groups in total. The Morgan fingerprint density at radius 3 is 2.76 bits per heavy atom. The van der Waals surface area contributed by atoms with E-state index in [1.54, 1.807) is 7.05 Å². The van der Waals surface area contributed by atoms with Crippen LogP contribution in [0.15, 0.2) is 23.1 Å². The molecule has 1 aromatic carbocycles. The van der Waals surface area contributed by atoms with Crippen molar-refractivity contribution in [3.63, 3.8) is 0 Å². The predicted octanol–water partition coefficient (Wildman–Crippen LogP) is 0.855. The summed E-state index contributed by atoms with van der Waals surface area (Å²) < 4.78 is 26.8. The zero-order valence-corrected chi connectivity index (χ0v) is 13.1. The quantitative estimate of drug-likeness (QED) is 0.836. The van der Waals surface area contributed by atoms with Crippen molar-refractivity contribution >= 4 is 15.7 Å². The maximum atomic E-state index is 12.7. The second-order valence-corrected chi connectivity index (χ2v) is 7.41. The van der Waals surface area contributed by atoms with Crippen LogP contribution in [0.4, 0.5) is 5.69 Å². The third-order valence-electron chi connectivity index (χ3n) is 3.91. The van der Waals surface area contributed by atoms with Crippen LogP contribution in [0.2, 0.25) is 0 Å². The van der Waals surface area contributed by atoms with Gasteiger partial charge in [0, 0.05) is 19.6 Å². The van der Waals surface area contributed by atoms with Gasteiger partial charge in [-0.3, -0.25) is 0 Å².